The van der Waals surface area contributed by atoms with E-state index in [2.05, 4.69) is 38.2 Å². The highest BCUT2D eigenvalue weighted by atomic mass is 35.5. The maximum Gasteiger partial charge on any atom is 0.246 e. The van der Waals surface area contributed by atoms with Crippen molar-refractivity contribution in [2.24, 2.45) is 5.92 Å². The molecule has 6 nitrogen and oxygen atoms in total. The van der Waals surface area contributed by atoms with Gasteiger partial charge in [-0.25, -0.2) is 8.42 Å². The fourth-order valence-electron chi connectivity index (χ4n) is 4.31. The first-order valence-corrected chi connectivity index (χ1v) is 13.2. The molecule has 1 aliphatic rings. The van der Waals surface area contributed by atoms with Crippen LogP contribution in [0.1, 0.15) is 55.0 Å². The van der Waals surface area contributed by atoms with Crippen LogP contribution in [0.3, 0.4) is 0 Å². The number of hydrogen-bond acceptors (Lipinski definition) is 4. The number of piperidine rings is 1. The average Bonchev–Trinajstić information content (AvgIpc) is 2.77. The molecule has 0 radical (unpaired) electrons. The van der Waals surface area contributed by atoms with Gasteiger partial charge >= 0.3 is 0 Å². The normalized spacial score (nSPS) is 16.4. The maximum absolute atomic E-state index is 13.3. The van der Waals surface area contributed by atoms with Crippen molar-refractivity contribution in [2.75, 3.05) is 19.7 Å². The molecule has 0 bridgehead atoms. The third-order valence-corrected chi connectivity index (χ3v) is 8.51. The minimum Gasteiger partial charge on any atom is -0.492 e. The van der Waals surface area contributed by atoms with Crippen molar-refractivity contribution in [1.29, 1.82) is 0 Å². The van der Waals surface area contributed by atoms with Crippen molar-refractivity contribution in [3.05, 3.63) is 57.6 Å². The third kappa shape index (κ3) is 5.70. The van der Waals surface area contributed by atoms with E-state index >= 15 is 0 Å². The third-order valence-electron chi connectivity index (χ3n) is 6.36. The molecule has 1 fully saturated rings. The molecule has 1 atom stereocenters. The van der Waals surface area contributed by atoms with Crippen LogP contribution < -0.4 is 10.1 Å². The monoisotopic (exact) mass is 492 g/mol. The van der Waals surface area contributed by atoms with Crippen LogP contribution in [0, 0.1) is 26.7 Å². The molecule has 0 aromatic heterocycles. The van der Waals surface area contributed by atoms with Crippen molar-refractivity contribution in [1.82, 2.24) is 9.62 Å². The first kappa shape index (κ1) is 25.5. The second kappa shape index (κ2) is 10.5. The Kier molecular flexibility index (Phi) is 8.08. The number of rotatable bonds is 7. The summed E-state index contributed by atoms with van der Waals surface area (Å²) in [5.41, 5.74) is 4.69. The van der Waals surface area contributed by atoms with Crippen LogP contribution in [-0.4, -0.2) is 38.3 Å². The van der Waals surface area contributed by atoms with Gasteiger partial charge in [-0.2, -0.15) is 4.31 Å². The van der Waals surface area contributed by atoms with Gasteiger partial charge in [0.1, 0.15) is 10.6 Å². The predicted octanol–water partition coefficient (Wildman–Crippen LogP) is 4.94. The van der Waals surface area contributed by atoms with Gasteiger partial charge in [-0.1, -0.05) is 23.7 Å². The number of amides is 1. The number of hydrogen-bond donors (Lipinski definition) is 1. The zero-order valence-corrected chi connectivity index (χ0v) is 21.5. The van der Waals surface area contributed by atoms with Gasteiger partial charge in [0.25, 0.3) is 0 Å². The largest absolute Gasteiger partial charge is 0.492 e. The number of sulfonamides is 1. The molecule has 8 heteroatoms. The number of carbonyl (C=O) groups is 1. The van der Waals surface area contributed by atoms with Gasteiger partial charge < -0.3 is 10.1 Å². The molecule has 0 saturated carbocycles. The minimum absolute atomic E-state index is 0.0325. The Labute approximate surface area is 202 Å². The second-order valence-electron chi connectivity index (χ2n) is 8.73. The van der Waals surface area contributed by atoms with E-state index in [9.17, 15) is 13.2 Å². The summed E-state index contributed by atoms with van der Waals surface area (Å²) in [5.74, 6) is 0.0331. The van der Waals surface area contributed by atoms with Gasteiger partial charge in [0, 0.05) is 24.0 Å². The van der Waals surface area contributed by atoms with Crippen molar-refractivity contribution >= 4 is 27.5 Å². The Morgan fingerprint density at radius 3 is 2.39 bits per heavy atom. The second-order valence-corrected chi connectivity index (χ2v) is 11.1. The Morgan fingerprint density at radius 2 is 1.76 bits per heavy atom. The molecule has 1 heterocycles. The van der Waals surface area contributed by atoms with Crippen LogP contribution in [0.4, 0.5) is 0 Å². The van der Waals surface area contributed by atoms with Gasteiger partial charge in [-0.15, -0.1) is 0 Å². The molecule has 1 amide bonds. The number of halogens is 1. The lowest BCUT2D eigenvalue weighted by Gasteiger charge is -2.31. The highest BCUT2D eigenvalue weighted by Gasteiger charge is 2.34. The summed E-state index contributed by atoms with van der Waals surface area (Å²) in [6.45, 7) is 10.9. The lowest BCUT2D eigenvalue weighted by atomic mass is 9.94. The summed E-state index contributed by atoms with van der Waals surface area (Å²) in [6, 6.07) is 8.78. The summed E-state index contributed by atoms with van der Waals surface area (Å²) >= 11 is 6.06. The van der Waals surface area contributed by atoms with Crippen LogP contribution in [0.25, 0.3) is 0 Å². The van der Waals surface area contributed by atoms with Crippen LogP contribution >= 0.6 is 11.6 Å². The maximum atomic E-state index is 13.3. The average molecular weight is 493 g/mol. The van der Waals surface area contributed by atoms with Gasteiger partial charge in [-0.3, -0.25) is 4.79 Å². The van der Waals surface area contributed by atoms with Crippen molar-refractivity contribution in [2.45, 2.75) is 58.4 Å². The van der Waals surface area contributed by atoms with Crippen LogP contribution in [-0.2, 0) is 14.8 Å². The molecule has 0 spiro atoms. The summed E-state index contributed by atoms with van der Waals surface area (Å²) in [6.07, 6.45) is 0.933. The molecule has 1 N–H and O–H groups in total. The van der Waals surface area contributed by atoms with E-state index in [1.54, 1.807) is 19.1 Å². The SMILES string of the molecule is CCOc1ccc(Cl)cc1S(=O)(=O)N1CCC(C(=O)N[C@H](C)c2cc(C)c(C)cc2C)CC1. The summed E-state index contributed by atoms with van der Waals surface area (Å²) in [7, 11) is -3.77. The van der Waals surface area contributed by atoms with E-state index in [1.165, 1.54) is 21.5 Å². The number of aryl methyl sites for hydroxylation is 3. The van der Waals surface area contributed by atoms with Gasteiger partial charge in [0.2, 0.25) is 15.9 Å². The number of nitrogens with zero attached hydrogens (tertiary/aromatic N) is 1. The molecule has 2 aromatic rings. The molecular weight excluding hydrogens is 460 g/mol. The molecule has 0 aliphatic carbocycles. The van der Waals surface area contributed by atoms with Gasteiger partial charge in [-0.05, 0) is 87.9 Å². The van der Waals surface area contributed by atoms with E-state index in [0.29, 0.717) is 30.2 Å². The quantitative estimate of drug-likeness (QED) is 0.593. The molecule has 1 saturated heterocycles. The number of ether oxygens (including phenoxy) is 1. The van der Waals surface area contributed by atoms with Crippen molar-refractivity contribution in [3.8, 4) is 5.75 Å². The fourth-order valence-corrected chi connectivity index (χ4v) is 6.18. The first-order valence-electron chi connectivity index (χ1n) is 11.3. The van der Waals surface area contributed by atoms with E-state index < -0.39 is 10.0 Å². The summed E-state index contributed by atoms with van der Waals surface area (Å²) in [5, 5.41) is 3.46. The van der Waals surface area contributed by atoms with E-state index in [0.717, 1.165) is 11.1 Å². The van der Waals surface area contributed by atoms with Crippen LogP contribution in [0.15, 0.2) is 35.2 Å². The molecule has 33 heavy (non-hydrogen) atoms. The molecule has 3 rings (SSSR count). The fraction of sp³-hybridized carbons (Fsp3) is 0.480. The lowest BCUT2D eigenvalue weighted by molar-refractivity contribution is -0.126. The molecule has 1 aliphatic heterocycles. The highest BCUT2D eigenvalue weighted by molar-refractivity contribution is 7.89. The lowest BCUT2D eigenvalue weighted by Crippen LogP contribution is -2.43. The van der Waals surface area contributed by atoms with Crippen molar-refractivity contribution < 1.29 is 17.9 Å². The van der Waals surface area contributed by atoms with Gasteiger partial charge in [0.15, 0.2) is 0 Å². The standard InChI is InChI=1S/C25H33ClN2O4S/c1-6-32-23-8-7-21(26)15-24(23)33(30,31)28-11-9-20(10-12-28)25(29)27-19(5)22-14-17(3)16(2)13-18(22)4/h7-8,13-15,19-20H,6,9-12H2,1-5H3,(H,27,29)/t19-/m1/s1. The van der Waals surface area contributed by atoms with Crippen molar-refractivity contribution in [3.63, 3.8) is 0 Å². The van der Waals surface area contributed by atoms with E-state index in [4.69, 9.17) is 16.3 Å². The van der Waals surface area contributed by atoms with Crippen LogP contribution in [0.5, 0.6) is 5.75 Å². The number of carbonyl (C=O) groups excluding carboxylic acids is 1. The smallest absolute Gasteiger partial charge is 0.246 e. The summed E-state index contributed by atoms with van der Waals surface area (Å²) in [4.78, 5) is 13.0. The van der Waals surface area contributed by atoms with Gasteiger partial charge in [0.05, 0.1) is 12.6 Å². The zero-order chi connectivity index (χ0) is 24.3. The Balaban J connectivity index is 1.67. The van der Waals surface area contributed by atoms with E-state index in [-0.39, 0.29) is 35.9 Å². The Bertz CT molecular complexity index is 1130. The number of benzene rings is 2. The Hall–Kier alpha value is -2.09. The van der Waals surface area contributed by atoms with Crippen LogP contribution in [0.2, 0.25) is 5.02 Å². The topological polar surface area (TPSA) is 75.7 Å². The molecular formula is C25H33ClN2O4S. The highest BCUT2D eigenvalue weighted by Crippen LogP contribution is 2.32. The van der Waals surface area contributed by atoms with E-state index in [1.807, 2.05) is 6.92 Å². The summed E-state index contributed by atoms with van der Waals surface area (Å²) < 4.78 is 33.4. The number of nitrogens with one attached hydrogen (secondary N) is 1. The first-order chi connectivity index (χ1) is 15.5. The molecule has 180 valence electrons. The molecule has 2 aromatic carbocycles. The zero-order valence-electron chi connectivity index (χ0n) is 19.9. The molecule has 0 unspecified atom stereocenters. The minimum atomic E-state index is -3.77. The predicted molar refractivity (Wildman–Crippen MR) is 131 cm³/mol. The Morgan fingerprint density at radius 1 is 1.12 bits per heavy atom.